The lowest BCUT2D eigenvalue weighted by Gasteiger charge is -2.13. The van der Waals surface area contributed by atoms with Gasteiger partial charge in [0.15, 0.2) is 0 Å². The van der Waals surface area contributed by atoms with Crippen molar-refractivity contribution >= 4 is 17.7 Å². The molecular weight excluding hydrogens is 206 g/mol. The van der Waals surface area contributed by atoms with Gasteiger partial charge in [-0.1, -0.05) is 18.9 Å². The summed E-state index contributed by atoms with van der Waals surface area (Å²) in [6, 6.07) is 0. The highest BCUT2D eigenvalue weighted by Gasteiger charge is 2.18. The number of amides is 1. The van der Waals surface area contributed by atoms with Gasteiger partial charge in [0.25, 0.3) is 0 Å². The third-order valence-corrected chi connectivity index (χ3v) is 4.22. The van der Waals surface area contributed by atoms with Gasteiger partial charge in [0.1, 0.15) is 0 Å². The van der Waals surface area contributed by atoms with Gasteiger partial charge in [-0.2, -0.15) is 0 Å². The lowest BCUT2D eigenvalue weighted by Crippen LogP contribution is -2.31. The lowest BCUT2D eigenvalue weighted by molar-refractivity contribution is -0.120. The zero-order chi connectivity index (χ0) is 11.1. The summed E-state index contributed by atoms with van der Waals surface area (Å²) >= 11 is 1.79. The van der Waals surface area contributed by atoms with E-state index in [1.807, 2.05) is 6.92 Å². The molecule has 1 fully saturated rings. The number of nitrogens with one attached hydrogen (secondary N) is 1. The number of carbonyl (C=O) groups is 1. The maximum atomic E-state index is 11.5. The number of carbonyl (C=O) groups excluding carboxylic acids is 1. The normalized spacial score (nSPS) is 18.7. The smallest absolute Gasteiger partial charge is 0.233 e. The Morgan fingerprint density at radius 3 is 2.87 bits per heavy atom. The first kappa shape index (κ1) is 12.6. The molecule has 1 N–H and O–H groups in total. The average Bonchev–Trinajstić information content (AvgIpc) is 2.75. The van der Waals surface area contributed by atoms with Gasteiger partial charge in [-0.05, 0) is 31.4 Å². The Morgan fingerprint density at radius 2 is 2.27 bits per heavy atom. The van der Waals surface area contributed by atoms with Crippen LogP contribution in [0.3, 0.4) is 0 Å². The Kier molecular flexibility index (Phi) is 5.84. The first-order valence-electron chi connectivity index (χ1n) is 5.74. The van der Waals surface area contributed by atoms with Crippen molar-refractivity contribution in [3.8, 4) is 0 Å². The van der Waals surface area contributed by atoms with Crippen LogP contribution >= 0.6 is 11.8 Å². The van der Waals surface area contributed by atoms with E-state index in [1.54, 1.807) is 17.8 Å². The van der Waals surface area contributed by atoms with Crippen molar-refractivity contribution in [2.45, 2.75) is 37.9 Å². The molecule has 0 aromatic carbocycles. The molecule has 1 aliphatic carbocycles. The molecule has 0 heterocycles. The van der Waals surface area contributed by atoms with Crippen molar-refractivity contribution in [2.75, 3.05) is 12.3 Å². The Morgan fingerprint density at radius 1 is 1.60 bits per heavy atom. The summed E-state index contributed by atoms with van der Waals surface area (Å²) in [6.45, 7) is 6.14. The molecule has 0 aromatic heterocycles. The van der Waals surface area contributed by atoms with E-state index in [0.717, 1.165) is 11.7 Å². The Hall–Kier alpha value is -0.440. The van der Waals surface area contributed by atoms with Gasteiger partial charge in [0, 0.05) is 6.54 Å². The van der Waals surface area contributed by atoms with E-state index >= 15 is 0 Å². The number of hydrogen-bond donors (Lipinski definition) is 1. The largest absolute Gasteiger partial charge is 0.352 e. The third kappa shape index (κ3) is 4.74. The molecule has 1 rings (SSSR count). The van der Waals surface area contributed by atoms with Gasteiger partial charge in [-0.15, -0.1) is 18.3 Å². The molecule has 1 saturated carbocycles. The summed E-state index contributed by atoms with van der Waals surface area (Å²) in [6.07, 6.45) is 7.18. The molecule has 0 aliphatic heterocycles. The van der Waals surface area contributed by atoms with Crippen molar-refractivity contribution in [3.05, 3.63) is 12.7 Å². The van der Waals surface area contributed by atoms with Crippen LogP contribution in [0.15, 0.2) is 12.7 Å². The predicted molar refractivity (Wildman–Crippen MR) is 67.1 cm³/mol. The summed E-state index contributed by atoms with van der Waals surface area (Å²) < 4.78 is 0. The zero-order valence-electron chi connectivity index (χ0n) is 9.50. The topological polar surface area (TPSA) is 29.1 Å². The molecule has 3 heteroatoms. The second-order valence-electron chi connectivity index (χ2n) is 4.16. The fraction of sp³-hybridized carbons (Fsp3) is 0.750. The molecule has 86 valence electrons. The van der Waals surface area contributed by atoms with Crippen molar-refractivity contribution < 1.29 is 4.79 Å². The molecule has 0 bridgehead atoms. The fourth-order valence-corrected chi connectivity index (χ4v) is 2.98. The molecule has 0 saturated heterocycles. The fourth-order valence-electron chi connectivity index (χ4n) is 1.85. The van der Waals surface area contributed by atoms with Gasteiger partial charge < -0.3 is 5.32 Å². The summed E-state index contributed by atoms with van der Waals surface area (Å²) in [5.41, 5.74) is 0. The van der Waals surface area contributed by atoms with Gasteiger partial charge in [0.2, 0.25) is 5.91 Å². The van der Waals surface area contributed by atoms with E-state index in [0.29, 0.717) is 6.54 Å². The maximum absolute atomic E-state index is 11.5. The van der Waals surface area contributed by atoms with Crippen molar-refractivity contribution in [2.24, 2.45) is 5.92 Å². The van der Waals surface area contributed by atoms with E-state index in [2.05, 4.69) is 11.9 Å². The van der Waals surface area contributed by atoms with Gasteiger partial charge >= 0.3 is 0 Å². The van der Waals surface area contributed by atoms with Crippen LogP contribution in [0, 0.1) is 5.92 Å². The second kappa shape index (κ2) is 6.94. The van der Waals surface area contributed by atoms with Crippen LogP contribution in [-0.4, -0.2) is 23.5 Å². The predicted octanol–water partition coefficient (Wildman–Crippen LogP) is 2.60. The Balaban J connectivity index is 2.13. The number of thioether (sulfide) groups is 1. The summed E-state index contributed by atoms with van der Waals surface area (Å²) in [7, 11) is 0. The molecule has 15 heavy (non-hydrogen) atoms. The van der Waals surface area contributed by atoms with Gasteiger partial charge in [-0.25, -0.2) is 0 Å². The summed E-state index contributed by atoms with van der Waals surface area (Å²) in [4.78, 5) is 11.5. The quantitative estimate of drug-likeness (QED) is 0.707. The minimum absolute atomic E-state index is 0.0746. The Labute approximate surface area is 96.9 Å². The van der Waals surface area contributed by atoms with Gasteiger partial charge in [0.05, 0.1) is 5.25 Å². The van der Waals surface area contributed by atoms with Crippen molar-refractivity contribution in [1.82, 2.24) is 5.32 Å². The van der Waals surface area contributed by atoms with E-state index in [1.165, 1.54) is 25.7 Å². The van der Waals surface area contributed by atoms with Crippen LogP contribution in [0.2, 0.25) is 0 Å². The standard InChI is InChI=1S/C12H21NOS/c1-3-8-13-12(14)10(2)15-9-11-6-4-5-7-11/h3,10-11H,1,4-9H2,2H3,(H,13,14). The summed E-state index contributed by atoms with van der Waals surface area (Å²) in [5.74, 6) is 2.13. The molecule has 0 aromatic rings. The van der Waals surface area contributed by atoms with Crippen LogP contribution in [-0.2, 0) is 4.79 Å². The first-order valence-corrected chi connectivity index (χ1v) is 6.79. The molecule has 0 spiro atoms. The van der Waals surface area contributed by atoms with E-state index in [9.17, 15) is 4.79 Å². The molecule has 1 aliphatic rings. The molecule has 1 amide bonds. The van der Waals surface area contributed by atoms with Crippen LogP contribution in [0.25, 0.3) is 0 Å². The van der Waals surface area contributed by atoms with E-state index in [-0.39, 0.29) is 11.2 Å². The van der Waals surface area contributed by atoms with Crippen LogP contribution < -0.4 is 5.32 Å². The van der Waals surface area contributed by atoms with Crippen LogP contribution in [0.1, 0.15) is 32.6 Å². The van der Waals surface area contributed by atoms with Crippen molar-refractivity contribution in [1.29, 1.82) is 0 Å². The number of hydrogen-bond acceptors (Lipinski definition) is 2. The first-order chi connectivity index (χ1) is 7.24. The Bertz CT molecular complexity index is 212. The zero-order valence-corrected chi connectivity index (χ0v) is 10.3. The molecule has 1 atom stereocenters. The van der Waals surface area contributed by atoms with Crippen molar-refractivity contribution in [3.63, 3.8) is 0 Å². The van der Waals surface area contributed by atoms with E-state index in [4.69, 9.17) is 0 Å². The number of rotatable bonds is 6. The molecule has 1 unspecified atom stereocenters. The van der Waals surface area contributed by atoms with Gasteiger partial charge in [-0.3, -0.25) is 4.79 Å². The summed E-state index contributed by atoms with van der Waals surface area (Å²) in [5, 5.41) is 2.90. The minimum Gasteiger partial charge on any atom is -0.352 e. The van der Waals surface area contributed by atoms with E-state index < -0.39 is 0 Å². The van der Waals surface area contributed by atoms with Crippen LogP contribution in [0.4, 0.5) is 0 Å². The molecular formula is C12H21NOS. The monoisotopic (exact) mass is 227 g/mol. The third-order valence-electron chi connectivity index (χ3n) is 2.85. The maximum Gasteiger partial charge on any atom is 0.233 e. The highest BCUT2D eigenvalue weighted by Crippen LogP contribution is 2.29. The molecule has 0 radical (unpaired) electrons. The lowest BCUT2D eigenvalue weighted by atomic mass is 10.1. The highest BCUT2D eigenvalue weighted by molar-refractivity contribution is 8.00. The second-order valence-corrected chi connectivity index (χ2v) is 5.53. The average molecular weight is 227 g/mol. The SMILES string of the molecule is C=CCNC(=O)C(C)SCC1CCCC1. The minimum atomic E-state index is 0.0746. The molecule has 2 nitrogen and oxygen atoms in total. The van der Waals surface area contributed by atoms with Crippen LogP contribution in [0.5, 0.6) is 0 Å². The highest BCUT2D eigenvalue weighted by atomic mass is 32.2.